The number of hydrogen-bond donors (Lipinski definition) is 0. The number of hydroxylamine groups is 1. The largest absolute Gasteiger partial charge is 0.599 e. The molecule has 5 heavy (non-hydrogen) atoms. The lowest BCUT2D eigenvalue weighted by atomic mass is 11.5. The van der Waals surface area contributed by atoms with Crippen LogP contribution in [-0.4, -0.2) is 11.9 Å². The highest BCUT2D eigenvalue weighted by molar-refractivity contribution is 6.13. The lowest BCUT2D eigenvalue weighted by molar-refractivity contribution is -0.488. The normalized spacial score (nSPS) is 12.0. The van der Waals surface area contributed by atoms with E-state index in [0.29, 0.717) is 0 Å². The van der Waals surface area contributed by atoms with Crippen molar-refractivity contribution in [3.63, 3.8) is 0 Å². The Bertz CT molecular complexity index is 47.6. The van der Waals surface area contributed by atoms with Crippen LogP contribution >= 0.6 is 11.8 Å². The van der Waals surface area contributed by atoms with Crippen LogP contribution in [0.3, 0.4) is 0 Å². The van der Waals surface area contributed by atoms with Crippen molar-refractivity contribution in [2.75, 3.05) is 7.05 Å². The zero-order chi connectivity index (χ0) is 4.28. The summed E-state index contributed by atoms with van der Waals surface area (Å²) in [5, 5.41) is 9.43. The van der Waals surface area contributed by atoms with Crippen molar-refractivity contribution in [1.82, 2.24) is 0 Å². The Labute approximate surface area is 34.6 Å². The summed E-state index contributed by atoms with van der Waals surface area (Å²) in [6.07, 6.45) is 0. The highest BCUT2D eigenvalue weighted by atomic mass is 35.5. The molecule has 0 bridgehead atoms. The molecule has 0 rings (SSSR count). The van der Waals surface area contributed by atoms with E-state index in [9.17, 15) is 5.21 Å². The summed E-state index contributed by atoms with van der Waals surface area (Å²) in [5.74, 6) is 0. The fourth-order valence-electron chi connectivity index (χ4n) is 0. The average Bonchev–Trinajstić information content (AvgIpc) is 1.38. The van der Waals surface area contributed by atoms with E-state index in [1.54, 1.807) is 0 Å². The van der Waals surface area contributed by atoms with Gasteiger partial charge in [-0.25, -0.2) is 0 Å². The van der Waals surface area contributed by atoms with Crippen molar-refractivity contribution in [2.45, 2.75) is 0 Å². The highest BCUT2D eigenvalue weighted by Gasteiger charge is 1.63. The van der Waals surface area contributed by atoms with Gasteiger partial charge in [0.1, 0.15) is 11.8 Å². The monoisotopic (exact) mass is 94.0 g/mol. The molecule has 0 saturated heterocycles. The molecule has 0 saturated carbocycles. The molecule has 0 radical (unpaired) electrons. The maximum atomic E-state index is 9.43. The molecule has 0 aromatic heterocycles. The number of nitrogens with zero attached hydrogens (tertiary/aromatic N) is 2. The smallest absolute Gasteiger partial charge is 0.172 e. The van der Waals surface area contributed by atoms with Crippen molar-refractivity contribution in [2.24, 2.45) is 4.63 Å². The van der Waals surface area contributed by atoms with E-state index in [2.05, 4.69) is 16.4 Å². The lowest BCUT2D eigenvalue weighted by Crippen LogP contribution is -1.81. The summed E-state index contributed by atoms with van der Waals surface area (Å²) >= 11 is 4.57. The van der Waals surface area contributed by atoms with Crippen LogP contribution in [0.4, 0.5) is 0 Å². The first-order valence-corrected chi connectivity index (χ1v) is 1.34. The van der Waals surface area contributed by atoms with E-state index >= 15 is 0 Å². The van der Waals surface area contributed by atoms with Crippen LogP contribution in [0.2, 0.25) is 0 Å². The van der Waals surface area contributed by atoms with E-state index in [4.69, 9.17) is 0 Å². The van der Waals surface area contributed by atoms with E-state index in [1.165, 1.54) is 7.05 Å². The fourth-order valence-corrected chi connectivity index (χ4v) is 0. The molecule has 4 heteroatoms. The Kier molecular flexibility index (Phi) is 1.84. The van der Waals surface area contributed by atoms with Crippen LogP contribution in [0.5, 0.6) is 0 Å². The molecule has 0 unspecified atom stereocenters. The summed E-state index contributed by atoms with van der Waals surface area (Å²) in [6.45, 7) is 0. The summed E-state index contributed by atoms with van der Waals surface area (Å²) in [5.41, 5.74) is 0. The minimum absolute atomic E-state index is 0.265. The fraction of sp³-hybridized carbons (Fsp3) is 1.00. The molecule has 0 aliphatic heterocycles. The maximum absolute atomic E-state index is 9.43. The van der Waals surface area contributed by atoms with Gasteiger partial charge in [0.2, 0.25) is 0 Å². The molecule has 0 aromatic carbocycles. The van der Waals surface area contributed by atoms with Crippen LogP contribution in [0, 0.1) is 5.21 Å². The summed E-state index contributed by atoms with van der Waals surface area (Å²) in [6, 6.07) is 0. The van der Waals surface area contributed by atoms with Gasteiger partial charge in [-0.2, -0.15) is 0 Å². The Morgan fingerprint density at radius 3 is 2.20 bits per heavy atom. The minimum atomic E-state index is 0.265. The zero-order valence-corrected chi connectivity index (χ0v) is 3.44. The van der Waals surface area contributed by atoms with Gasteiger partial charge < -0.3 is 5.21 Å². The van der Waals surface area contributed by atoms with E-state index in [0.717, 1.165) is 0 Å². The van der Waals surface area contributed by atoms with Gasteiger partial charge in [-0.15, -0.1) is 0 Å². The van der Waals surface area contributed by atoms with E-state index in [-0.39, 0.29) is 4.86 Å². The molecule has 0 heterocycles. The average molecular weight is 94.5 g/mol. The van der Waals surface area contributed by atoms with Crippen LogP contribution in [0.25, 0.3) is 0 Å². The molecule has 3 nitrogen and oxygen atoms in total. The molecular formula is CH3ClN2O. The van der Waals surface area contributed by atoms with Crippen molar-refractivity contribution in [1.29, 1.82) is 0 Å². The third kappa shape index (κ3) is 3.69. The SMILES string of the molecule is C/[N+]([O-])=N/Cl. The van der Waals surface area contributed by atoms with Gasteiger partial charge >= 0.3 is 0 Å². The number of hydrogen-bond acceptors (Lipinski definition) is 2. The topological polar surface area (TPSA) is 38.4 Å². The molecule has 0 N–H and O–H groups in total. The van der Waals surface area contributed by atoms with E-state index in [1.807, 2.05) is 0 Å². The summed E-state index contributed by atoms with van der Waals surface area (Å²) in [4.78, 5) is 0.265. The number of halogens is 1. The quantitative estimate of drug-likeness (QED) is 0.248. The lowest BCUT2D eigenvalue weighted by Gasteiger charge is -1.79. The van der Waals surface area contributed by atoms with Crippen LogP contribution < -0.4 is 0 Å². The van der Waals surface area contributed by atoms with Crippen molar-refractivity contribution in [3.8, 4) is 0 Å². The molecule has 0 spiro atoms. The molecule has 0 fully saturated rings. The molecular weight excluding hydrogens is 91.5 g/mol. The zero-order valence-electron chi connectivity index (χ0n) is 2.68. The van der Waals surface area contributed by atoms with Gasteiger partial charge in [-0.1, -0.05) is 4.86 Å². The van der Waals surface area contributed by atoms with Gasteiger partial charge in [0.25, 0.3) is 0 Å². The second-order valence-corrected chi connectivity index (χ2v) is 0.691. The second-order valence-electron chi connectivity index (χ2n) is 0.540. The predicted octanol–water partition coefficient (Wildman–Crippen LogP) is 0.732. The summed E-state index contributed by atoms with van der Waals surface area (Å²) < 4.78 is 2.64. The van der Waals surface area contributed by atoms with Gasteiger partial charge in [0, 0.05) is 0 Å². The van der Waals surface area contributed by atoms with Crippen molar-refractivity contribution >= 4 is 11.8 Å². The highest BCUT2D eigenvalue weighted by Crippen LogP contribution is 1.71. The molecule has 30 valence electrons. The van der Waals surface area contributed by atoms with Crippen molar-refractivity contribution < 1.29 is 4.86 Å². The third-order valence-electron chi connectivity index (χ3n) is 0.106. The molecule has 0 aromatic rings. The van der Waals surface area contributed by atoms with Gasteiger partial charge in [-0.3, -0.25) is 0 Å². The van der Waals surface area contributed by atoms with Gasteiger partial charge in [-0.05, 0) is 0 Å². The molecule has 0 amide bonds. The van der Waals surface area contributed by atoms with Crippen LogP contribution in [0.1, 0.15) is 0 Å². The third-order valence-corrected chi connectivity index (χ3v) is 0.319. The predicted molar refractivity (Wildman–Crippen MR) is 17.8 cm³/mol. The first kappa shape index (κ1) is 4.69. The first-order valence-electron chi connectivity index (χ1n) is 0.999. The van der Waals surface area contributed by atoms with Crippen molar-refractivity contribution in [3.05, 3.63) is 5.21 Å². The van der Waals surface area contributed by atoms with Crippen LogP contribution in [-0.2, 0) is 0 Å². The van der Waals surface area contributed by atoms with Gasteiger partial charge in [0.05, 0.1) is 4.63 Å². The first-order chi connectivity index (χ1) is 2.27. The Hall–Kier alpha value is -0.310. The van der Waals surface area contributed by atoms with E-state index < -0.39 is 0 Å². The Morgan fingerprint density at radius 2 is 2.20 bits per heavy atom. The summed E-state index contributed by atoms with van der Waals surface area (Å²) in [7, 11) is 1.20. The number of rotatable bonds is 0. The Balaban J connectivity index is 3.14. The molecule has 0 aliphatic rings. The van der Waals surface area contributed by atoms with Crippen LogP contribution in [0.15, 0.2) is 4.63 Å². The minimum Gasteiger partial charge on any atom is -0.599 e. The molecule has 0 aliphatic carbocycles. The molecule has 0 atom stereocenters. The van der Waals surface area contributed by atoms with Gasteiger partial charge in [0.15, 0.2) is 7.05 Å². The second kappa shape index (κ2) is 1.96. The standard InChI is InChI=1S/CH3ClN2O/c1-4(5)3-2/h1H3/b4-3-. The maximum Gasteiger partial charge on any atom is 0.172 e. The Morgan fingerprint density at radius 1 is 2.00 bits per heavy atom.